The van der Waals surface area contributed by atoms with Gasteiger partial charge in [0, 0.05) is 18.1 Å². The fourth-order valence-electron chi connectivity index (χ4n) is 1.83. The second-order valence-corrected chi connectivity index (χ2v) is 5.32. The SMILES string of the molecule is CCOC(CSCc1cc(C)cc(C)c1)C(=O)O. The van der Waals surface area contributed by atoms with Crippen LogP contribution in [0.25, 0.3) is 0 Å². The van der Waals surface area contributed by atoms with Crippen molar-refractivity contribution in [3.63, 3.8) is 0 Å². The van der Waals surface area contributed by atoms with Crippen molar-refractivity contribution in [3.05, 3.63) is 34.9 Å². The van der Waals surface area contributed by atoms with Crippen LogP contribution in [0.15, 0.2) is 18.2 Å². The van der Waals surface area contributed by atoms with E-state index in [-0.39, 0.29) is 0 Å². The highest BCUT2D eigenvalue weighted by molar-refractivity contribution is 7.98. The summed E-state index contributed by atoms with van der Waals surface area (Å²) in [6, 6.07) is 6.40. The first-order valence-corrected chi connectivity index (χ1v) is 7.17. The van der Waals surface area contributed by atoms with Gasteiger partial charge in [-0.2, -0.15) is 11.8 Å². The van der Waals surface area contributed by atoms with Gasteiger partial charge in [-0.15, -0.1) is 0 Å². The van der Waals surface area contributed by atoms with Gasteiger partial charge < -0.3 is 9.84 Å². The number of thioether (sulfide) groups is 1. The minimum atomic E-state index is -0.884. The van der Waals surface area contributed by atoms with Gasteiger partial charge >= 0.3 is 5.97 Å². The normalized spacial score (nSPS) is 12.4. The van der Waals surface area contributed by atoms with E-state index in [9.17, 15) is 4.79 Å². The van der Waals surface area contributed by atoms with Crippen molar-refractivity contribution in [2.24, 2.45) is 0 Å². The Hall–Kier alpha value is -1.00. The monoisotopic (exact) mass is 268 g/mol. The van der Waals surface area contributed by atoms with Gasteiger partial charge in [0.15, 0.2) is 6.10 Å². The van der Waals surface area contributed by atoms with Crippen LogP contribution in [0.2, 0.25) is 0 Å². The number of carboxylic acid groups (broad SMARTS) is 1. The van der Waals surface area contributed by atoms with Gasteiger partial charge in [0.2, 0.25) is 0 Å². The van der Waals surface area contributed by atoms with Crippen LogP contribution < -0.4 is 0 Å². The Bertz CT molecular complexity index is 384. The number of ether oxygens (including phenoxy) is 1. The van der Waals surface area contributed by atoms with Crippen molar-refractivity contribution in [1.29, 1.82) is 0 Å². The molecule has 0 amide bonds. The number of carbonyl (C=O) groups is 1. The molecule has 1 unspecified atom stereocenters. The first-order valence-electron chi connectivity index (χ1n) is 6.02. The minimum absolute atomic E-state index is 0.432. The maximum Gasteiger partial charge on any atom is 0.333 e. The molecule has 0 aromatic heterocycles. The highest BCUT2D eigenvalue weighted by atomic mass is 32.2. The van der Waals surface area contributed by atoms with E-state index in [1.807, 2.05) is 6.92 Å². The van der Waals surface area contributed by atoms with Crippen molar-refractivity contribution in [2.75, 3.05) is 12.4 Å². The lowest BCUT2D eigenvalue weighted by Crippen LogP contribution is -2.26. The number of rotatable bonds is 7. The summed E-state index contributed by atoms with van der Waals surface area (Å²) in [5, 5.41) is 8.95. The molecule has 0 aliphatic heterocycles. The molecule has 4 heteroatoms. The van der Waals surface area contributed by atoms with E-state index >= 15 is 0 Å². The van der Waals surface area contributed by atoms with Gasteiger partial charge in [-0.1, -0.05) is 29.3 Å². The van der Waals surface area contributed by atoms with Gasteiger partial charge in [0.1, 0.15) is 0 Å². The van der Waals surface area contributed by atoms with E-state index in [0.717, 1.165) is 5.75 Å². The summed E-state index contributed by atoms with van der Waals surface area (Å²) >= 11 is 1.59. The summed E-state index contributed by atoms with van der Waals surface area (Å²) in [6.45, 7) is 6.38. The first-order chi connectivity index (χ1) is 8.52. The summed E-state index contributed by atoms with van der Waals surface area (Å²) < 4.78 is 5.17. The van der Waals surface area contributed by atoms with Crippen LogP contribution in [0.3, 0.4) is 0 Å². The average molecular weight is 268 g/mol. The van der Waals surface area contributed by atoms with E-state index < -0.39 is 12.1 Å². The Kier molecular flexibility index (Phi) is 6.22. The number of hydrogen-bond donors (Lipinski definition) is 1. The van der Waals surface area contributed by atoms with Gasteiger partial charge in [0.25, 0.3) is 0 Å². The topological polar surface area (TPSA) is 46.5 Å². The van der Waals surface area contributed by atoms with E-state index in [0.29, 0.717) is 12.4 Å². The van der Waals surface area contributed by atoms with Crippen molar-refractivity contribution < 1.29 is 14.6 Å². The molecule has 0 radical (unpaired) electrons. The molecule has 0 bridgehead atoms. The zero-order valence-electron chi connectivity index (χ0n) is 11.1. The van der Waals surface area contributed by atoms with E-state index in [1.54, 1.807) is 11.8 Å². The third-order valence-corrected chi connectivity index (χ3v) is 3.54. The maximum atomic E-state index is 10.9. The highest BCUT2D eigenvalue weighted by Gasteiger charge is 2.16. The van der Waals surface area contributed by atoms with Crippen LogP contribution in [-0.2, 0) is 15.3 Å². The summed E-state index contributed by atoms with van der Waals surface area (Å²) in [5.41, 5.74) is 3.72. The second-order valence-electron chi connectivity index (χ2n) is 4.29. The molecule has 3 nitrogen and oxygen atoms in total. The number of aryl methyl sites for hydroxylation is 2. The quantitative estimate of drug-likeness (QED) is 0.825. The maximum absolute atomic E-state index is 10.9. The standard InChI is InChI=1S/C14H20O3S/c1-4-17-13(14(15)16)9-18-8-12-6-10(2)5-11(3)7-12/h5-7,13H,4,8-9H2,1-3H3,(H,15,16). The molecular formula is C14H20O3S. The highest BCUT2D eigenvalue weighted by Crippen LogP contribution is 2.17. The Morgan fingerprint density at radius 2 is 1.94 bits per heavy atom. The van der Waals surface area contributed by atoms with E-state index in [4.69, 9.17) is 9.84 Å². The van der Waals surface area contributed by atoms with Gasteiger partial charge in [-0.3, -0.25) is 0 Å². The Morgan fingerprint density at radius 1 is 1.33 bits per heavy atom. The summed E-state index contributed by atoms with van der Waals surface area (Å²) in [5.74, 6) is 0.417. The third kappa shape index (κ3) is 5.10. The van der Waals surface area contributed by atoms with Crippen LogP contribution in [-0.4, -0.2) is 29.5 Å². The molecule has 1 rings (SSSR count). The Morgan fingerprint density at radius 3 is 2.44 bits per heavy atom. The molecule has 1 aromatic rings. The lowest BCUT2D eigenvalue weighted by atomic mass is 10.1. The van der Waals surface area contributed by atoms with E-state index in [2.05, 4.69) is 32.0 Å². The molecule has 1 aromatic carbocycles. The molecular weight excluding hydrogens is 248 g/mol. The van der Waals surface area contributed by atoms with Crippen molar-refractivity contribution >= 4 is 17.7 Å². The first kappa shape index (κ1) is 15.1. The minimum Gasteiger partial charge on any atom is -0.479 e. The molecule has 0 spiro atoms. The lowest BCUT2D eigenvalue weighted by Gasteiger charge is -2.12. The zero-order valence-corrected chi connectivity index (χ0v) is 11.9. The van der Waals surface area contributed by atoms with Crippen LogP contribution in [0.5, 0.6) is 0 Å². The zero-order chi connectivity index (χ0) is 13.5. The number of benzene rings is 1. The van der Waals surface area contributed by atoms with Crippen molar-refractivity contribution in [1.82, 2.24) is 0 Å². The van der Waals surface area contributed by atoms with Crippen molar-refractivity contribution in [2.45, 2.75) is 32.6 Å². The fraction of sp³-hybridized carbons (Fsp3) is 0.500. The number of aliphatic carboxylic acids is 1. The Labute approximate surface area is 113 Å². The third-order valence-electron chi connectivity index (χ3n) is 2.46. The molecule has 0 fully saturated rings. The average Bonchev–Trinajstić information content (AvgIpc) is 2.26. The number of hydrogen-bond acceptors (Lipinski definition) is 3. The molecule has 1 atom stereocenters. The Balaban J connectivity index is 2.47. The van der Waals surface area contributed by atoms with Crippen LogP contribution in [0, 0.1) is 13.8 Å². The smallest absolute Gasteiger partial charge is 0.333 e. The molecule has 0 saturated heterocycles. The fourth-order valence-corrected chi connectivity index (χ4v) is 2.80. The largest absolute Gasteiger partial charge is 0.479 e. The molecule has 0 aliphatic rings. The molecule has 0 saturated carbocycles. The summed E-state index contributed by atoms with van der Waals surface area (Å²) in [7, 11) is 0. The number of carboxylic acids is 1. The van der Waals surface area contributed by atoms with Crippen LogP contribution >= 0.6 is 11.8 Å². The van der Waals surface area contributed by atoms with Crippen LogP contribution in [0.1, 0.15) is 23.6 Å². The van der Waals surface area contributed by atoms with E-state index in [1.165, 1.54) is 16.7 Å². The molecule has 0 heterocycles. The van der Waals surface area contributed by atoms with Crippen LogP contribution in [0.4, 0.5) is 0 Å². The van der Waals surface area contributed by atoms with Gasteiger partial charge in [-0.25, -0.2) is 4.79 Å². The van der Waals surface area contributed by atoms with Crippen molar-refractivity contribution in [3.8, 4) is 0 Å². The molecule has 1 N–H and O–H groups in total. The van der Waals surface area contributed by atoms with Gasteiger partial charge in [-0.05, 0) is 26.3 Å². The lowest BCUT2D eigenvalue weighted by molar-refractivity contribution is -0.148. The summed E-state index contributed by atoms with van der Waals surface area (Å²) in [4.78, 5) is 10.9. The van der Waals surface area contributed by atoms with Gasteiger partial charge in [0.05, 0.1) is 0 Å². The predicted octanol–water partition coefficient (Wildman–Crippen LogP) is 3.03. The molecule has 0 aliphatic carbocycles. The second kappa shape index (κ2) is 7.44. The summed E-state index contributed by atoms with van der Waals surface area (Å²) in [6.07, 6.45) is -0.703. The predicted molar refractivity (Wildman–Crippen MR) is 75.1 cm³/mol. The molecule has 18 heavy (non-hydrogen) atoms. The molecule has 100 valence electrons.